The molecule has 5 nitrogen and oxygen atoms in total. The summed E-state index contributed by atoms with van der Waals surface area (Å²) in [5, 5.41) is 9.44. The van der Waals surface area contributed by atoms with Crippen LogP contribution in [0.4, 0.5) is 4.39 Å². The minimum Gasteiger partial charge on any atom is -0.357 e. The molecule has 2 rings (SSSR count). The molecule has 1 aromatic rings. The van der Waals surface area contributed by atoms with Gasteiger partial charge >= 0.3 is 0 Å². The lowest BCUT2D eigenvalue weighted by Gasteiger charge is -2.22. The van der Waals surface area contributed by atoms with E-state index >= 15 is 0 Å². The quantitative estimate of drug-likeness (QED) is 0.322. The number of amides is 1. The molecule has 0 radical (unpaired) electrons. The van der Waals surface area contributed by atoms with Crippen LogP contribution in [0.5, 0.6) is 0 Å². The number of nitrogens with zero attached hydrogens (tertiary/aromatic N) is 1. The molecule has 7 heteroatoms. The first-order valence-electron chi connectivity index (χ1n) is 9.23. The van der Waals surface area contributed by atoms with Crippen LogP contribution in [-0.4, -0.2) is 31.0 Å². The predicted octanol–water partition coefficient (Wildman–Crippen LogP) is 3.34. The minimum absolute atomic E-state index is 0. The molecule has 0 heterocycles. The van der Waals surface area contributed by atoms with E-state index in [0.29, 0.717) is 31.5 Å². The van der Waals surface area contributed by atoms with E-state index in [1.165, 1.54) is 31.4 Å². The summed E-state index contributed by atoms with van der Waals surface area (Å²) in [6.07, 6.45) is 6.33. The highest BCUT2D eigenvalue weighted by Crippen LogP contribution is 2.17. The van der Waals surface area contributed by atoms with Gasteiger partial charge in [0.15, 0.2) is 5.96 Å². The number of carbonyl (C=O) groups is 1. The van der Waals surface area contributed by atoms with Crippen molar-refractivity contribution < 1.29 is 9.18 Å². The van der Waals surface area contributed by atoms with E-state index < -0.39 is 0 Å². The van der Waals surface area contributed by atoms with Crippen LogP contribution in [0.1, 0.15) is 51.0 Å². The number of carbonyl (C=O) groups excluding carboxylic acids is 1. The van der Waals surface area contributed by atoms with Gasteiger partial charge < -0.3 is 16.0 Å². The van der Waals surface area contributed by atoms with E-state index in [4.69, 9.17) is 0 Å². The summed E-state index contributed by atoms with van der Waals surface area (Å²) in [5.41, 5.74) is 0.939. The lowest BCUT2D eigenvalue weighted by Crippen LogP contribution is -2.41. The fraction of sp³-hybridized carbons (Fsp3) is 0.579. The second-order valence-corrected chi connectivity index (χ2v) is 6.40. The molecule has 0 unspecified atom stereocenters. The average Bonchev–Trinajstić information content (AvgIpc) is 2.62. The minimum atomic E-state index is -0.248. The Morgan fingerprint density at radius 1 is 1.15 bits per heavy atom. The van der Waals surface area contributed by atoms with Gasteiger partial charge in [0.25, 0.3) is 0 Å². The van der Waals surface area contributed by atoms with Crippen LogP contribution in [0.2, 0.25) is 0 Å². The number of hydrogen-bond acceptors (Lipinski definition) is 2. The van der Waals surface area contributed by atoms with Gasteiger partial charge in [-0.25, -0.2) is 9.38 Å². The largest absolute Gasteiger partial charge is 0.357 e. The van der Waals surface area contributed by atoms with Crippen LogP contribution in [0.3, 0.4) is 0 Å². The number of halogens is 2. The van der Waals surface area contributed by atoms with E-state index in [2.05, 4.69) is 20.9 Å². The third-order valence-electron chi connectivity index (χ3n) is 4.29. The molecular formula is C19H30FIN4O. The van der Waals surface area contributed by atoms with Gasteiger partial charge in [-0.1, -0.05) is 31.4 Å². The Hall–Kier alpha value is -1.38. The Morgan fingerprint density at radius 3 is 2.50 bits per heavy atom. The Labute approximate surface area is 172 Å². The summed E-state index contributed by atoms with van der Waals surface area (Å²) in [6.45, 7) is 3.73. The van der Waals surface area contributed by atoms with Gasteiger partial charge in [-0.3, -0.25) is 4.79 Å². The highest BCUT2D eigenvalue weighted by atomic mass is 127. The molecule has 0 bridgehead atoms. The van der Waals surface area contributed by atoms with Crippen molar-refractivity contribution in [2.75, 3.05) is 13.1 Å². The van der Waals surface area contributed by atoms with Crippen LogP contribution in [-0.2, 0) is 11.3 Å². The first-order chi connectivity index (χ1) is 12.2. The molecule has 1 aliphatic carbocycles. The van der Waals surface area contributed by atoms with Crippen molar-refractivity contribution >= 4 is 35.8 Å². The van der Waals surface area contributed by atoms with Crippen molar-refractivity contribution in [1.29, 1.82) is 0 Å². The molecule has 0 saturated heterocycles. The third kappa shape index (κ3) is 8.82. The van der Waals surface area contributed by atoms with Crippen molar-refractivity contribution in [1.82, 2.24) is 16.0 Å². The van der Waals surface area contributed by atoms with Crippen molar-refractivity contribution in [3.05, 3.63) is 35.6 Å². The molecule has 1 amide bonds. The smallest absolute Gasteiger partial charge is 0.221 e. The summed E-state index contributed by atoms with van der Waals surface area (Å²) in [5.74, 6) is 0.507. The van der Waals surface area contributed by atoms with Crippen molar-refractivity contribution in [3.8, 4) is 0 Å². The molecule has 0 atom stereocenters. The van der Waals surface area contributed by atoms with Gasteiger partial charge in [-0.15, -0.1) is 24.0 Å². The van der Waals surface area contributed by atoms with Crippen LogP contribution < -0.4 is 16.0 Å². The van der Waals surface area contributed by atoms with Gasteiger partial charge in [0.2, 0.25) is 5.91 Å². The monoisotopic (exact) mass is 476 g/mol. The molecule has 146 valence electrons. The van der Waals surface area contributed by atoms with E-state index in [0.717, 1.165) is 24.9 Å². The first-order valence-corrected chi connectivity index (χ1v) is 9.23. The predicted molar refractivity (Wildman–Crippen MR) is 114 cm³/mol. The van der Waals surface area contributed by atoms with E-state index in [1.54, 1.807) is 12.1 Å². The zero-order valence-electron chi connectivity index (χ0n) is 15.4. The summed E-state index contributed by atoms with van der Waals surface area (Å²) < 4.78 is 12.9. The zero-order chi connectivity index (χ0) is 17.9. The number of aliphatic imine (C=N–C) groups is 1. The fourth-order valence-corrected chi connectivity index (χ4v) is 2.94. The van der Waals surface area contributed by atoms with Crippen LogP contribution in [0.15, 0.2) is 29.3 Å². The molecular weight excluding hydrogens is 446 g/mol. The topological polar surface area (TPSA) is 65.5 Å². The molecule has 1 fully saturated rings. The number of hydrogen-bond donors (Lipinski definition) is 3. The lowest BCUT2D eigenvalue weighted by atomic mass is 9.95. The highest BCUT2D eigenvalue weighted by molar-refractivity contribution is 14.0. The van der Waals surface area contributed by atoms with E-state index in [1.807, 2.05) is 6.92 Å². The molecule has 0 spiro atoms. The maximum atomic E-state index is 12.9. The van der Waals surface area contributed by atoms with Gasteiger partial charge in [0.1, 0.15) is 5.82 Å². The molecule has 1 saturated carbocycles. The number of nitrogens with one attached hydrogen (secondary N) is 3. The molecule has 0 aromatic heterocycles. The Kier molecular flexibility index (Phi) is 11.2. The fourth-order valence-electron chi connectivity index (χ4n) is 2.94. The average molecular weight is 476 g/mol. The molecule has 0 aliphatic heterocycles. The number of benzene rings is 1. The molecule has 1 aromatic carbocycles. The van der Waals surface area contributed by atoms with E-state index in [-0.39, 0.29) is 35.7 Å². The summed E-state index contributed by atoms with van der Waals surface area (Å²) in [7, 11) is 0. The van der Waals surface area contributed by atoms with Gasteiger partial charge in [0.05, 0.1) is 6.54 Å². The normalized spacial score (nSPS) is 15.1. The SMILES string of the molecule is CCNC(=NCc1ccc(F)cc1)NCCC(=O)NC1CCCCC1.I. The maximum absolute atomic E-state index is 12.9. The van der Waals surface area contributed by atoms with Gasteiger partial charge in [-0.05, 0) is 37.5 Å². The first kappa shape index (κ1) is 22.7. The Balaban J connectivity index is 0.00000338. The summed E-state index contributed by atoms with van der Waals surface area (Å²) in [4.78, 5) is 16.5. The van der Waals surface area contributed by atoms with Crippen molar-refractivity contribution in [2.24, 2.45) is 4.99 Å². The lowest BCUT2D eigenvalue weighted by molar-refractivity contribution is -0.121. The van der Waals surface area contributed by atoms with Crippen LogP contribution in [0.25, 0.3) is 0 Å². The molecule has 3 N–H and O–H groups in total. The van der Waals surface area contributed by atoms with E-state index in [9.17, 15) is 9.18 Å². The van der Waals surface area contributed by atoms with Crippen molar-refractivity contribution in [2.45, 2.75) is 58.0 Å². The zero-order valence-corrected chi connectivity index (χ0v) is 17.7. The maximum Gasteiger partial charge on any atom is 0.221 e. The Morgan fingerprint density at radius 2 is 1.85 bits per heavy atom. The van der Waals surface area contributed by atoms with Crippen LogP contribution >= 0.6 is 24.0 Å². The summed E-state index contributed by atoms with van der Waals surface area (Å²) in [6, 6.07) is 6.66. The van der Waals surface area contributed by atoms with Gasteiger partial charge in [0, 0.05) is 25.6 Å². The Bertz CT molecular complexity index is 559. The molecule has 26 heavy (non-hydrogen) atoms. The third-order valence-corrected chi connectivity index (χ3v) is 4.29. The highest BCUT2D eigenvalue weighted by Gasteiger charge is 2.15. The second-order valence-electron chi connectivity index (χ2n) is 6.40. The number of guanidine groups is 1. The second kappa shape index (κ2) is 12.9. The standard InChI is InChI=1S/C19H29FN4O.HI/c1-2-21-19(23-14-15-8-10-16(20)11-9-15)22-13-12-18(25)24-17-6-4-3-5-7-17;/h8-11,17H,2-7,12-14H2,1H3,(H,24,25)(H2,21,22,23);1H. The molecule has 1 aliphatic rings. The van der Waals surface area contributed by atoms with Gasteiger partial charge in [-0.2, -0.15) is 0 Å². The van der Waals surface area contributed by atoms with Crippen LogP contribution in [0, 0.1) is 5.82 Å². The number of rotatable bonds is 7. The summed E-state index contributed by atoms with van der Waals surface area (Å²) >= 11 is 0. The van der Waals surface area contributed by atoms with Crippen molar-refractivity contribution in [3.63, 3.8) is 0 Å².